The Morgan fingerprint density at radius 1 is 0.737 bits per heavy atom. The molecule has 0 aliphatic heterocycles. The van der Waals surface area contributed by atoms with Gasteiger partial charge < -0.3 is 28.3 Å². The molecule has 0 aromatic rings. The second-order valence-corrected chi connectivity index (χ2v) is 11.4. The number of phosphoric acid groups is 1. The Balaban J connectivity index is -0.00000612. The van der Waals surface area contributed by atoms with E-state index in [1.54, 1.807) is 6.92 Å². The van der Waals surface area contributed by atoms with Crippen molar-refractivity contribution in [2.45, 2.75) is 123 Å². The Hall–Kier alpha value is 1.07. The van der Waals surface area contributed by atoms with Crippen molar-refractivity contribution < 1.29 is 102 Å². The Labute approximate surface area is 277 Å². The van der Waals surface area contributed by atoms with E-state index in [2.05, 4.69) is 11.4 Å². The van der Waals surface area contributed by atoms with Crippen molar-refractivity contribution in [3.63, 3.8) is 0 Å². The first-order valence-electron chi connectivity index (χ1n) is 13.3. The van der Waals surface area contributed by atoms with Gasteiger partial charge in [-0.05, 0) is 19.3 Å². The number of hydrogen-bond acceptors (Lipinski definition) is 10. The largest absolute Gasteiger partial charge is 1.00 e. The van der Waals surface area contributed by atoms with Crippen molar-refractivity contribution in [2.24, 2.45) is 0 Å². The first kappa shape index (κ1) is 43.5. The summed E-state index contributed by atoms with van der Waals surface area (Å²) in [4.78, 5) is 56.4. The van der Waals surface area contributed by atoms with Gasteiger partial charge in [0, 0.05) is 25.5 Å². The zero-order chi connectivity index (χ0) is 27.1. The van der Waals surface area contributed by atoms with Crippen LogP contribution >= 0.6 is 19.6 Å². The number of ether oxygens (including phenoxy) is 2. The minimum Gasteiger partial charge on any atom is -0.790 e. The summed E-state index contributed by atoms with van der Waals surface area (Å²) in [6.07, 6.45) is 13.4. The van der Waals surface area contributed by atoms with Crippen LogP contribution in [0.15, 0.2) is 0 Å². The molecule has 0 unspecified atom stereocenters. The van der Waals surface area contributed by atoms with Crippen LogP contribution in [-0.2, 0) is 32.9 Å². The van der Waals surface area contributed by atoms with E-state index in [4.69, 9.17) is 9.47 Å². The van der Waals surface area contributed by atoms with Gasteiger partial charge in [0.2, 0.25) is 0 Å². The number of thioether (sulfide) groups is 1. The van der Waals surface area contributed by atoms with E-state index in [1.165, 1.54) is 24.6 Å². The molecule has 0 radical (unpaired) electrons. The van der Waals surface area contributed by atoms with Gasteiger partial charge in [-0.3, -0.25) is 14.4 Å². The number of esters is 2. The van der Waals surface area contributed by atoms with Gasteiger partial charge in [0.1, 0.15) is 6.61 Å². The molecule has 0 spiro atoms. The van der Waals surface area contributed by atoms with Crippen molar-refractivity contribution in [1.82, 2.24) is 0 Å². The molecule has 0 N–H and O–H groups in total. The molecule has 13 heteroatoms. The van der Waals surface area contributed by atoms with E-state index < -0.39 is 32.5 Å². The number of hydrogen-bond donors (Lipinski definition) is 0. The fourth-order valence-electron chi connectivity index (χ4n) is 3.49. The number of unbranched alkanes of at least 4 members (excludes halogenated alkanes) is 12. The quantitative estimate of drug-likeness (QED) is 0.0578. The Kier molecular flexibility index (Phi) is 33.9. The van der Waals surface area contributed by atoms with Gasteiger partial charge in [0.05, 0.1) is 14.4 Å². The van der Waals surface area contributed by atoms with Gasteiger partial charge in [-0.15, -0.1) is 0 Å². The van der Waals surface area contributed by atoms with E-state index >= 15 is 0 Å². The first-order valence-corrected chi connectivity index (χ1v) is 15.7. The van der Waals surface area contributed by atoms with E-state index in [0.717, 1.165) is 70.0 Å². The van der Waals surface area contributed by atoms with Crippen LogP contribution < -0.4 is 68.9 Å². The molecule has 0 saturated carbocycles. The van der Waals surface area contributed by atoms with Crippen LogP contribution in [0.3, 0.4) is 0 Å². The summed E-state index contributed by atoms with van der Waals surface area (Å²) in [6, 6.07) is 0. The molecule has 0 fully saturated rings. The first-order chi connectivity index (χ1) is 17.1. The maximum absolute atomic E-state index is 12.0. The fraction of sp³-hybridized carbons (Fsp3) is 0.880. The summed E-state index contributed by atoms with van der Waals surface area (Å²) in [5.74, 6) is -0.108. The molecule has 0 aliphatic rings. The zero-order valence-corrected chi connectivity index (χ0v) is 29.8. The molecule has 0 saturated heterocycles. The van der Waals surface area contributed by atoms with E-state index in [9.17, 15) is 28.7 Å². The molecule has 0 aromatic heterocycles. The van der Waals surface area contributed by atoms with Gasteiger partial charge in [0.25, 0.3) is 0 Å². The molecule has 0 bridgehead atoms. The van der Waals surface area contributed by atoms with Crippen LogP contribution in [0.25, 0.3) is 0 Å². The molecular formula is C25H45Na2O9PS. The van der Waals surface area contributed by atoms with Crippen LogP contribution in [0.1, 0.15) is 117 Å². The Bertz CT molecular complexity index is 650. The smallest absolute Gasteiger partial charge is 0.790 e. The third-order valence-electron chi connectivity index (χ3n) is 5.46. The topological polar surface area (TPSA) is 142 Å². The SMILES string of the molecule is CCCCCCCC(=O)O[C@@H](COC(=O)CCCCCCCCCCCSC(C)=O)COP(=O)([O-])[O-].[Na+].[Na+]. The van der Waals surface area contributed by atoms with Crippen LogP contribution in [-0.4, -0.2) is 42.1 Å². The fourth-order valence-corrected chi connectivity index (χ4v) is 4.48. The molecule has 0 aromatic carbocycles. The molecule has 212 valence electrons. The third kappa shape index (κ3) is 33.3. The van der Waals surface area contributed by atoms with Crippen molar-refractivity contribution >= 4 is 36.6 Å². The zero-order valence-electron chi connectivity index (χ0n) is 24.0. The molecule has 0 aliphatic carbocycles. The third-order valence-corrected chi connectivity index (χ3v) is 6.83. The summed E-state index contributed by atoms with van der Waals surface area (Å²) in [6.45, 7) is 2.66. The standard InChI is InChI=1S/C25H47O9PS.2Na/c1-3-4-5-11-15-18-25(28)34-23(21-33-35(29,30)31)20-32-24(27)17-14-12-9-7-6-8-10-13-16-19-36-22(2)26;;/h23H,3-21H2,1-2H3,(H2,29,30,31);;/q;2*+1/p-2/t23-;;/m0../s1. The minimum absolute atomic E-state index is 0. The Morgan fingerprint density at radius 2 is 1.21 bits per heavy atom. The number of carbonyl (C=O) groups is 3. The van der Waals surface area contributed by atoms with Crippen LogP contribution in [0.2, 0.25) is 0 Å². The van der Waals surface area contributed by atoms with E-state index in [-0.39, 0.29) is 83.7 Å². The summed E-state index contributed by atoms with van der Waals surface area (Å²) < 4.78 is 25.3. The number of rotatable bonds is 24. The Morgan fingerprint density at radius 3 is 1.71 bits per heavy atom. The minimum atomic E-state index is -5.23. The van der Waals surface area contributed by atoms with E-state index in [0.29, 0.717) is 12.8 Å². The van der Waals surface area contributed by atoms with E-state index in [1.807, 2.05) is 0 Å². The molecular weight excluding hydrogens is 553 g/mol. The van der Waals surface area contributed by atoms with Gasteiger partial charge in [-0.25, -0.2) is 0 Å². The second kappa shape index (κ2) is 29.6. The van der Waals surface area contributed by atoms with Crippen LogP contribution in [0.5, 0.6) is 0 Å². The summed E-state index contributed by atoms with van der Waals surface area (Å²) in [5, 5.41) is 0.176. The second-order valence-electron chi connectivity index (χ2n) is 8.97. The predicted molar refractivity (Wildman–Crippen MR) is 137 cm³/mol. The number of carbonyl (C=O) groups excluding carboxylic acids is 3. The van der Waals surface area contributed by atoms with Crippen molar-refractivity contribution in [3.05, 3.63) is 0 Å². The van der Waals surface area contributed by atoms with Crippen molar-refractivity contribution in [1.29, 1.82) is 0 Å². The molecule has 0 rings (SSSR count). The summed E-state index contributed by atoms with van der Waals surface area (Å²) >= 11 is 1.38. The van der Waals surface area contributed by atoms with Crippen LogP contribution in [0.4, 0.5) is 0 Å². The van der Waals surface area contributed by atoms with Gasteiger partial charge in [0.15, 0.2) is 11.2 Å². The molecule has 0 heterocycles. The monoisotopic (exact) mass is 598 g/mol. The average molecular weight is 599 g/mol. The predicted octanol–water partition coefficient (Wildman–Crippen LogP) is -1.16. The summed E-state index contributed by atoms with van der Waals surface area (Å²) in [7, 11) is -5.23. The molecule has 1 atom stereocenters. The summed E-state index contributed by atoms with van der Waals surface area (Å²) in [5.41, 5.74) is 0. The van der Waals surface area contributed by atoms with Gasteiger partial charge in [-0.1, -0.05) is 89.3 Å². The maximum atomic E-state index is 12.0. The van der Waals surface area contributed by atoms with Crippen LogP contribution in [0, 0.1) is 0 Å². The molecule has 9 nitrogen and oxygen atoms in total. The molecule has 38 heavy (non-hydrogen) atoms. The maximum Gasteiger partial charge on any atom is 1.00 e. The van der Waals surface area contributed by atoms with Gasteiger partial charge in [-0.2, -0.15) is 0 Å². The average Bonchev–Trinajstić information content (AvgIpc) is 2.80. The van der Waals surface area contributed by atoms with Crippen molar-refractivity contribution in [3.8, 4) is 0 Å². The normalized spacial score (nSPS) is 11.7. The van der Waals surface area contributed by atoms with Gasteiger partial charge >= 0.3 is 71.1 Å². The van der Waals surface area contributed by atoms with Crippen molar-refractivity contribution in [2.75, 3.05) is 19.0 Å². The number of phosphoric ester groups is 1. The molecule has 0 amide bonds.